The van der Waals surface area contributed by atoms with E-state index in [-0.39, 0.29) is 18.4 Å². The average molecular weight is 271 g/mol. The van der Waals surface area contributed by atoms with Crippen LogP contribution in [0.3, 0.4) is 0 Å². The minimum atomic E-state index is -0.525. The maximum atomic E-state index is 12.0. The van der Waals surface area contributed by atoms with Gasteiger partial charge in [-0.2, -0.15) is 0 Å². The van der Waals surface area contributed by atoms with Gasteiger partial charge in [-0.3, -0.25) is 9.59 Å². The molecule has 6 heteroatoms. The van der Waals surface area contributed by atoms with E-state index in [9.17, 15) is 9.59 Å². The fraction of sp³-hybridized carbons (Fsp3) is 0.846. The molecule has 1 fully saturated rings. The zero-order chi connectivity index (χ0) is 14.4. The van der Waals surface area contributed by atoms with Crippen molar-refractivity contribution in [2.75, 3.05) is 39.9 Å². The van der Waals surface area contributed by atoms with E-state index in [1.807, 2.05) is 13.8 Å². The summed E-state index contributed by atoms with van der Waals surface area (Å²) in [5, 5.41) is 0. The molecule has 0 saturated carbocycles. The highest BCUT2D eigenvalue weighted by atomic mass is 16.5. The topological polar surface area (TPSA) is 75.9 Å². The van der Waals surface area contributed by atoms with Gasteiger partial charge in [0.25, 0.3) is 0 Å². The highest BCUT2D eigenvalue weighted by Gasteiger charge is 2.23. The molecule has 2 N–H and O–H groups in total. The second-order valence-corrected chi connectivity index (χ2v) is 5.42. The molecule has 0 aromatic carbocycles. The Morgan fingerprint density at radius 3 is 2.42 bits per heavy atom. The van der Waals surface area contributed by atoms with E-state index in [1.165, 1.54) is 4.90 Å². The normalized spacial score (nSPS) is 17.4. The number of hydrogen-bond donors (Lipinski definition) is 1. The van der Waals surface area contributed by atoms with Crippen molar-refractivity contribution >= 4 is 11.8 Å². The van der Waals surface area contributed by atoms with Gasteiger partial charge in [0, 0.05) is 20.1 Å². The van der Waals surface area contributed by atoms with Gasteiger partial charge in [-0.25, -0.2) is 0 Å². The van der Waals surface area contributed by atoms with Crippen molar-refractivity contribution in [2.45, 2.75) is 26.3 Å². The van der Waals surface area contributed by atoms with E-state index in [1.54, 1.807) is 11.9 Å². The molecule has 0 radical (unpaired) electrons. The Balaban J connectivity index is 2.42. The average Bonchev–Trinajstić information content (AvgIpc) is 2.37. The maximum absolute atomic E-state index is 12.0. The molecular formula is C13H25N3O3. The number of carbonyl (C=O) groups excluding carboxylic acids is 2. The molecular weight excluding hydrogens is 246 g/mol. The lowest BCUT2D eigenvalue weighted by Crippen LogP contribution is -2.49. The number of ether oxygens (including phenoxy) is 1. The number of morpholine rings is 1. The number of amides is 2. The van der Waals surface area contributed by atoms with Crippen LogP contribution in [0.25, 0.3) is 0 Å². The molecule has 0 aliphatic carbocycles. The van der Waals surface area contributed by atoms with Gasteiger partial charge in [-0.15, -0.1) is 0 Å². The number of nitrogens with two attached hydrogens (primary N) is 1. The lowest BCUT2D eigenvalue weighted by Gasteiger charge is -2.29. The standard InChI is InChI=1S/C13H25N3O3/c1-10(2)8-11(14)13(18)15(3)9-12(17)16-4-6-19-7-5-16/h10-11H,4-9,14H2,1-3H3/t11-/m0/s1. The molecule has 1 rings (SSSR count). The first-order valence-electron chi connectivity index (χ1n) is 6.78. The van der Waals surface area contributed by atoms with Crippen LogP contribution in [0.4, 0.5) is 0 Å². The Morgan fingerprint density at radius 2 is 1.89 bits per heavy atom. The Kier molecular flexibility index (Phi) is 6.24. The van der Waals surface area contributed by atoms with Crippen LogP contribution in [-0.2, 0) is 14.3 Å². The first-order valence-corrected chi connectivity index (χ1v) is 6.78. The lowest BCUT2D eigenvalue weighted by atomic mass is 10.0. The minimum absolute atomic E-state index is 0.0455. The summed E-state index contributed by atoms with van der Waals surface area (Å²) in [5.74, 6) is 0.147. The summed E-state index contributed by atoms with van der Waals surface area (Å²) in [6.07, 6.45) is 0.634. The van der Waals surface area contributed by atoms with Crippen LogP contribution < -0.4 is 5.73 Å². The Bertz CT molecular complexity index is 314. The molecule has 0 spiro atoms. The van der Waals surface area contributed by atoms with Crippen molar-refractivity contribution in [2.24, 2.45) is 11.7 Å². The predicted octanol–water partition coefficient (Wildman–Crippen LogP) is -0.323. The van der Waals surface area contributed by atoms with Crippen molar-refractivity contribution in [3.05, 3.63) is 0 Å². The van der Waals surface area contributed by atoms with Crippen molar-refractivity contribution in [3.63, 3.8) is 0 Å². The van der Waals surface area contributed by atoms with Gasteiger partial charge in [0.2, 0.25) is 11.8 Å². The molecule has 2 amide bonds. The van der Waals surface area contributed by atoms with Gasteiger partial charge in [0.1, 0.15) is 0 Å². The number of likely N-dealkylation sites (N-methyl/N-ethyl adjacent to an activating group) is 1. The molecule has 6 nitrogen and oxygen atoms in total. The van der Waals surface area contributed by atoms with Crippen LogP contribution in [0.1, 0.15) is 20.3 Å². The van der Waals surface area contributed by atoms with Gasteiger partial charge < -0.3 is 20.3 Å². The molecule has 0 unspecified atom stereocenters. The zero-order valence-electron chi connectivity index (χ0n) is 12.1. The first-order chi connectivity index (χ1) is 8.91. The monoisotopic (exact) mass is 271 g/mol. The third kappa shape index (κ3) is 5.16. The van der Waals surface area contributed by atoms with E-state index in [4.69, 9.17) is 10.5 Å². The first kappa shape index (κ1) is 15.9. The second-order valence-electron chi connectivity index (χ2n) is 5.42. The Morgan fingerprint density at radius 1 is 1.32 bits per heavy atom. The third-order valence-electron chi connectivity index (χ3n) is 3.15. The molecule has 1 atom stereocenters. The van der Waals surface area contributed by atoms with E-state index in [0.717, 1.165) is 0 Å². The molecule has 1 heterocycles. The predicted molar refractivity (Wildman–Crippen MR) is 72.5 cm³/mol. The highest BCUT2D eigenvalue weighted by Crippen LogP contribution is 2.06. The summed E-state index contributed by atoms with van der Waals surface area (Å²) in [6.45, 7) is 6.45. The van der Waals surface area contributed by atoms with Crippen LogP contribution in [0.2, 0.25) is 0 Å². The zero-order valence-corrected chi connectivity index (χ0v) is 12.1. The summed E-state index contributed by atoms with van der Waals surface area (Å²) in [7, 11) is 1.63. The largest absolute Gasteiger partial charge is 0.378 e. The Labute approximate surface area is 114 Å². The fourth-order valence-corrected chi connectivity index (χ4v) is 2.09. The molecule has 1 aliphatic heterocycles. The summed E-state index contributed by atoms with van der Waals surface area (Å²) in [6, 6.07) is -0.525. The number of hydrogen-bond acceptors (Lipinski definition) is 4. The van der Waals surface area contributed by atoms with Gasteiger partial charge >= 0.3 is 0 Å². The maximum Gasteiger partial charge on any atom is 0.242 e. The summed E-state index contributed by atoms with van der Waals surface area (Å²) < 4.78 is 5.19. The molecule has 1 aliphatic rings. The molecule has 0 aromatic heterocycles. The Hall–Kier alpha value is -1.14. The molecule has 110 valence electrons. The highest BCUT2D eigenvalue weighted by molar-refractivity contribution is 5.87. The van der Waals surface area contributed by atoms with Gasteiger partial charge in [-0.05, 0) is 12.3 Å². The van der Waals surface area contributed by atoms with Crippen molar-refractivity contribution in [1.82, 2.24) is 9.80 Å². The molecule has 1 saturated heterocycles. The summed E-state index contributed by atoms with van der Waals surface area (Å²) in [4.78, 5) is 27.1. The van der Waals surface area contributed by atoms with Crippen LogP contribution in [0.5, 0.6) is 0 Å². The van der Waals surface area contributed by atoms with E-state index in [0.29, 0.717) is 38.6 Å². The number of nitrogens with zero attached hydrogens (tertiary/aromatic N) is 2. The van der Waals surface area contributed by atoms with Crippen LogP contribution in [0.15, 0.2) is 0 Å². The van der Waals surface area contributed by atoms with Crippen molar-refractivity contribution < 1.29 is 14.3 Å². The van der Waals surface area contributed by atoms with E-state index in [2.05, 4.69) is 0 Å². The second kappa shape index (κ2) is 7.45. The SMILES string of the molecule is CC(C)C[C@H](N)C(=O)N(C)CC(=O)N1CCOCC1. The van der Waals surface area contributed by atoms with E-state index >= 15 is 0 Å². The van der Waals surface area contributed by atoms with Crippen LogP contribution in [0, 0.1) is 5.92 Å². The smallest absolute Gasteiger partial charge is 0.242 e. The van der Waals surface area contributed by atoms with Crippen molar-refractivity contribution in [1.29, 1.82) is 0 Å². The quantitative estimate of drug-likeness (QED) is 0.743. The van der Waals surface area contributed by atoms with Crippen molar-refractivity contribution in [3.8, 4) is 0 Å². The fourth-order valence-electron chi connectivity index (χ4n) is 2.09. The number of carbonyl (C=O) groups is 2. The van der Waals surface area contributed by atoms with Gasteiger partial charge in [0.15, 0.2) is 0 Å². The summed E-state index contributed by atoms with van der Waals surface area (Å²) >= 11 is 0. The van der Waals surface area contributed by atoms with Crippen LogP contribution >= 0.6 is 0 Å². The lowest BCUT2D eigenvalue weighted by molar-refractivity contribution is -0.142. The molecule has 0 bridgehead atoms. The minimum Gasteiger partial charge on any atom is -0.378 e. The summed E-state index contributed by atoms with van der Waals surface area (Å²) in [5.41, 5.74) is 5.84. The number of rotatable bonds is 5. The molecule has 0 aromatic rings. The molecule has 19 heavy (non-hydrogen) atoms. The van der Waals surface area contributed by atoms with Gasteiger partial charge in [0.05, 0.1) is 25.8 Å². The van der Waals surface area contributed by atoms with Gasteiger partial charge in [-0.1, -0.05) is 13.8 Å². The van der Waals surface area contributed by atoms with Crippen LogP contribution in [-0.4, -0.2) is 67.6 Å². The van der Waals surface area contributed by atoms with E-state index < -0.39 is 6.04 Å². The third-order valence-corrected chi connectivity index (χ3v) is 3.15.